The summed E-state index contributed by atoms with van der Waals surface area (Å²) in [5.74, 6) is -1.64. The fourth-order valence-electron chi connectivity index (χ4n) is 3.22. The minimum Gasteiger partial charge on any atom is -0.507 e. The van der Waals surface area contributed by atoms with E-state index in [1.165, 1.54) is 24.3 Å². The zero-order valence-corrected chi connectivity index (χ0v) is 15.5. The predicted molar refractivity (Wildman–Crippen MR) is 106 cm³/mol. The maximum atomic E-state index is 14.7. The molecule has 0 unspecified atom stereocenters. The lowest BCUT2D eigenvalue weighted by molar-refractivity contribution is 0.452. The Kier molecular flexibility index (Phi) is 4.32. The van der Waals surface area contributed by atoms with E-state index in [0.29, 0.717) is 9.86 Å². The van der Waals surface area contributed by atoms with Crippen LogP contribution in [0.4, 0.5) is 8.78 Å². The molecule has 0 fully saturated rings. The zero-order chi connectivity index (χ0) is 19.1. The molecular weight excluding hydrogens is 414 g/mol. The standard InChI is InChI=1S/C22H13BrF2O2/c23-13-6-8-18(24)15(9-13)16-10-17(21(27)11-20(16)26)22-14-4-2-1-3-12(14)5-7-19(22)25/h1-11,26-27H. The smallest absolute Gasteiger partial charge is 0.131 e. The van der Waals surface area contributed by atoms with Crippen LogP contribution in [-0.4, -0.2) is 10.2 Å². The first-order chi connectivity index (χ1) is 13.0. The van der Waals surface area contributed by atoms with Gasteiger partial charge < -0.3 is 10.2 Å². The van der Waals surface area contributed by atoms with Gasteiger partial charge in [0.25, 0.3) is 0 Å². The second-order valence-electron chi connectivity index (χ2n) is 6.15. The topological polar surface area (TPSA) is 40.5 Å². The first-order valence-corrected chi connectivity index (χ1v) is 8.94. The average Bonchev–Trinajstić information content (AvgIpc) is 2.65. The molecule has 0 saturated heterocycles. The van der Waals surface area contributed by atoms with Crippen molar-refractivity contribution in [3.63, 3.8) is 0 Å². The molecule has 0 aliphatic rings. The van der Waals surface area contributed by atoms with Gasteiger partial charge in [-0.25, -0.2) is 8.78 Å². The highest BCUT2D eigenvalue weighted by Crippen LogP contribution is 2.43. The summed E-state index contributed by atoms with van der Waals surface area (Å²) < 4.78 is 29.7. The van der Waals surface area contributed by atoms with E-state index in [9.17, 15) is 19.0 Å². The van der Waals surface area contributed by atoms with Crippen molar-refractivity contribution in [2.24, 2.45) is 0 Å². The summed E-state index contributed by atoms with van der Waals surface area (Å²) in [6.07, 6.45) is 0. The number of phenolic OH excluding ortho intramolecular Hbond substituents is 2. The minimum atomic E-state index is -0.538. The molecule has 0 radical (unpaired) electrons. The third kappa shape index (κ3) is 3.04. The molecule has 0 aliphatic heterocycles. The monoisotopic (exact) mass is 426 g/mol. The highest BCUT2D eigenvalue weighted by atomic mass is 79.9. The van der Waals surface area contributed by atoms with Crippen molar-refractivity contribution in [2.45, 2.75) is 0 Å². The van der Waals surface area contributed by atoms with Gasteiger partial charge in [0.05, 0.1) is 0 Å². The molecular formula is C22H13BrF2O2. The van der Waals surface area contributed by atoms with Crippen molar-refractivity contribution < 1.29 is 19.0 Å². The molecule has 2 nitrogen and oxygen atoms in total. The summed E-state index contributed by atoms with van der Waals surface area (Å²) in [6, 6.07) is 17.0. The van der Waals surface area contributed by atoms with Gasteiger partial charge in [-0.3, -0.25) is 0 Å². The highest BCUT2D eigenvalue weighted by molar-refractivity contribution is 9.10. The summed E-state index contributed by atoms with van der Waals surface area (Å²) in [6.45, 7) is 0. The molecule has 4 rings (SSSR count). The summed E-state index contributed by atoms with van der Waals surface area (Å²) in [7, 11) is 0. The molecule has 0 aromatic heterocycles. The van der Waals surface area contributed by atoms with Crippen LogP contribution in [-0.2, 0) is 0 Å². The van der Waals surface area contributed by atoms with Crippen molar-refractivity contribution in [3.05, 3.63) is 82.8 Å². The number of phenols is 2. The van der Waals surface area contributed by atoms with E-state index in [0.717, 1.165) is 11.5 Å². The molecule has 5 heteroatoms. The van der Waals surface area contributed by atoms with Crippen molar-refractivity contribution in [2.75, 3.05) is 0 Å². The fourth-order valence-corrected chi connectivity index (χ4v) is 3.58. The SMILES string of the molecule is Oc1cc(O)c(-c2c(F)ccc3ccccc23)cc1-c1cc(Br)ccc1F. The van der Waals surface area contributed by atoms with Crippen LogP contribution in [0.5, 0.6) is 11.5 Å². The van der Waals surface area contributed by atoms with Crippen LogP contribution in [0.3, 0.4) is 0 Å². The Labute approximate surface area is 162 Å². The van der Waals surface area contributed by atoms with E-state index in [-0.39, 0.29) is 33.8 Å². The fraction of sp³-hybridized carbons (Fsp3) is 0. The maximum Gasteiger partial charge on any atom is 0.131 e. The third-order valence-corrected chi connectivity index (χ3v) is 4.97. The van der Waals surface area contributed by atoms with Gasteiger partial charge in [-0.05, 0) is 41.1 Å². The predicted octanol–water partition coefficient (Wildman–Crippen LogP) is 6.63. The summed E-state index contributed by atoms with van der Waals surface area (Å²) in [4.78, 5) is 0. The van der Waals surface area contributed by atoms with Crippen LogP contribution in [0.15, 0.2) is 71.2 Å². The molecule has 0 heterocycles. The van der Waals surface area contributed by atoms with E-state index in [1.54, 1.807) is 24.3 Å². The number of hydrogen-bond donors (Lipinski definition) is 2. The van der Waals surface area contributed by atoms with Gasteiger partial charge in [-0.15, -0.1) is 0 Å². The molecule has 4 aromatic rings. The Morgan fingerprint density at radius 2 is 1.37 bits per heavy atom. The Morgan fingerprint density at radius 1 is 0.667 bits per heavy atom. The van der Waals surface area contributed by atoms with E-state index >= 15 is 0 Å². The van der Waals surface area contributed by atoms with E-state index in [4.69, 9.17) is 0 Å². The molecule has 134 valence electrons. The highest BCUT2D eigenvalue weighted by Gasteiger charge is 2.19. The molecule has 0 atom stereocenters. The van der Waals surface area contributed by atoms with Crippen LogP contribution >= 0.6 is 15.9 Å². The summed E-state index contributed by atoms with van der Waals surface area (Å²) >= 11 is 3.28. The number of hydrogen-bond acceptors (Lipinski definition) is 2. The lowest BCUT2D eigenvalue weighted by atomic mass is 9.93. The maximum absolute atomic E-state index is 14.7. The number of halogens is 3. The second kappa shape index (κ2) is 6.67. The molecule has 0 spiro atoms. The molecule has 4 aromatic carbocycles. The van der Waals surface area contributed by atoms with Crippen LogP contribution < -0.4 is 0 Å². The second-order valence-corrected chi connectivity index (χ2v) is 7.07. The zero-order valence-electron chi connectivity index (χ0n) is 13.9. The normalized spacial score (nSPS) is 11.1. The van der Waals surface area contributed by atoms with Crippen LogP contribution in [0.1, 0.15) is 0 Å². The molecule has 27 heavy (non-hydrogen) atoms. The quantitative estimate of drug-likeness (QED) is 0.377. The third-order valence-electron chi connectivity index (χ3n) is 4.48. The lowest BCUT2D eigenvalue weighted by Gasteiger charge is -2.14. The lowest BCUT2D eigenvalue weighted by Crippen LogP contribution is -1.91. The van der Waals surface area contributed by atoms with Crippen molar-refractivity contribution in [1.29, 1.82) is 0 Å². The van der Waals surface area contributed by atoms with Gasteiger partial charge in [0.2, 0.25) is 0 Å². The van der Waals surface area contributed by atoms with E-state index in [1.807, 2.05) is 12.1 Å². The van der Waals surface area contributed by atoms with Gasteiger partial charge in [-0.2, -0.15) is 0 Å². The van der Waals surface area contributed by atoms with Crippen LogP contribution in [0, 0.1) is 11.6 Å². The van der Waals surface area contributed by atoms with Gasteiger partial charge in [0.1, 0.15) is 23.1 Å². The van der Waals surface area contributed by atoms with Crippen molar-refractivity contribution in [1.82, 2.24) is 0 Å². The van der Waals surface area contributed by atoms with Gasteiger partial charge in [-0.1, -0.05) is 46.3 Å². The number of aromatic hydroxyl groups is 2. The molecule has 0 amide bonds. The Hall–Kier alpha value is -2.92. The number of fused-ring (bicyclic) bond motifs is 1. The number of benzene rings is 4. The van der Waals surface area contributed by atoms with Gasteiger partial charge >= 0.3 is 0 Å². The Morgan fingerprint density at radius 3 is 2.19 bits per heavy atom. The Balaban J connectivity index is 2.04. The van der Waals surface area contributed by atoms with Crippen LogP contribution in [0.25, 0.3) is 33.0 Å². The van der Waals surface area contributed by atoms with Crippen molar-refractivity contribution in [3.8, 4) is 33.8 Å². The largest absolute Gasteiger partial charge is 0.507 e. The summed E-state index contributed by atoms with van der Waals surface area (Å²) in [5.41, 5.74) is 0.677. The summed E-state index contributed by atoms with van der Waals surface area (Å²) in [5, 5.41) is 22.1. The molecule has 0 aliphatic carbocycles. The Bertz CT molecular complexity index is 1190. The van der Waals surface area contributed by atoms with Gasteiger partial charge in [0.15, 0.2) is 0 Å². The molecule has 2 N–H and O–H groups in total. The van der Waals surface area contributed by atoms with Crippen LogP contribution in [0.2, 0.25) is 0 Å². The van der Waals surface area contributed by atoms with Crippen molar-refractivity contribution >= 4 is 26.7 Å². The van der Waals surface area contributed by atoms with E-state index < -0.39 is 11.6 Å². The molecule has 0 bridgehead atoms. The number of rotatable bonds is 2. The van der Waals surface area contributed by atoms with E-state index in [2.05, 4.69) is 15.9 Å². The average molecular weight is 427 g/mol. The first-order valence-electron chi connectivity index (χ1n) is 8.14. The molecule has 0 saturated carbocycles. The first kappa shape index (κ1) is 17.5. The minimum absolute atomic E-state index is 0.142. The van der Waals surface area contributed by atoms with Gasteiger partial charge in [0, 0.05) is 32.8 Å².